The third-order valence-corrected chi connectivity index (χ3v) is 4.79. The van der Waals surface area contributed by atoms with Gasteiger partial charge in [-0.25, -0.2) is 4.79 Å². The Kier molecular flexibility index (Phi) is 7.55. The number of esters is 1. The van der Waals surface area contributed by atoms with Crippen LogP contribution < -0.4 is 5.32 Å². The van der Waals surface area contributed by atoms with Crippen LogP contribution in [0.3, 0.4) is 0 Å². The van der Waals surface area contributed by atoms with Gasteiger partial charge in [-0.15, -0.1) is 0 Å². The number of ether oxygens (including phenoxy) is 2. The summed E-state index contributed by atoms with van der Waals surface area (Å²) < 4.78 is 9.96. The minimum Gasteiger partial charge on any atom is -0.452 e. The summed E-state index contributed by atoms with van der Waals surface area (Å²) in [5.74, 6) is -1.29. The van der Waals surface area contributed by atoms with E-state index in [-0.39, 0.29) is 25.8 Å². The van der Waals surface area contributed by atoms with Crippen molar-refractivity contribution in [3.63, 3.8) is 0 Å². The first-order valence-electron chi connectivity index (χ1n) is 7.21. The Morgan fingerprint density at radius 1 is 1.00 bits per heavy atom. The maximum atomic E-state index is 12.0. The summed E-state index contributed by atoms with van der Waals surface area (Å²) in [6.45, 7) is -0.100. The van der Waals surface area contributed by atoms with Gasteiger partial charge in [-0.2, -0.15) is 0 Å². The molecule has 26 heavy (non-hydrogen) atoms. The molecular formula is C17H13Cl4NO4. The van der Waals surface area contributed by atoms with Crippen molar-refractivity contribution in [2.45, 2.75) is 6.61 Å². The Balaban J connectivity index is 1.98. The number of amides is 1. The molecular weight excluding hydrogens is 424 g/mol. The summed E-state index contributed by atoms with van der Waals surface area (Å²) in [5, 5.41) is 2.76. The van der Waals surface area contributed by atoms with Gasteiger partial charge in [0, 0.05) is 7.11 Å². The summed E-state index contributed by atoms with van der Waals surface area (Å²) in [7, 11) is 1.58. The predicted octanol–water partition coefficient (Wildman–Crippen LogP) is 5.24. The summed E-state index contributed by atoms with van der Waals surface area (Å²) in [6, 6.07) is 7.98. The Hall–Kier alpha value is -1.50. The number of rotatable bonds is 6. The Morgan fingerprint density at radius 2 is 1.58 bits per heavy atom. The van der Waals surface area contributed by atoms with Crippen LogP contribution in [-0.2, 0) is 20.9 Å². The highest BCUT2D eigenvalue weighted by atomic mass is 35.5. The van der Waals surface area contributed by atoms with Crippen LogP contribution in [0.4, 0.5) is 5.69 Å². The lowest BCUT2D eigenvalue weighted by molar-refractivity contribution is -0.119. The molecule has 138 valence electrons. The lowest BCUT2D eigenvalue weighted by atomic mass is 10.1. The van der Waals surface area contributed by atoms with E-state index in [0.717, 1.165) is 5.56 Å². The second-order valence-corrected chi connectivity index (χ2v) is 6.67. The first kappa shape index (κ1) is 20.8. The van der Waals surface area contributed by atoms with Crippen LogP contribution >= 0.6 is 46.4 Å². The monoisotopic (exact) mass is 435 g/mol. The molecule has 2 rings (SSSR count). The third-order valence-electron chi connectivity index (χ3n) is 3.21. The second-order valence-electron chi connectivity index (χ2n) is 5.10. The molecule has 0 bridgehead atoms. The summed E-state index contributed by atoms with van der Waals surface area (Å²) in [5.41, 5.74) is 1.26. The maximum absolute atomic E-state index is 12.0. The van der Waals surface area contributed by atoms with Crippen molar-refractivity contribution in [3.05, 3.63) is 61.5 Å². The first-order valence-corrected chi connectivity index (χ1v) is 8.72. The number of nitrogens with one attached hydrogen (secondary N) is 1. The predicted molar refractivity (Wildman–Crippen MR) is 103 cm³/mol. The van der Waals surface area contributed by atoms with Gasteiger partial charge >= 0.3 is 5.97 Å². The lowest BCUT2D eigenvalue weighted by Gasteiger charge is -2.12. The van der Waals surface area contributed by atoms with Gasteiger partial charge in [0.2, 0.25) is 0 Å². The molecule has 0 saturated heterocycles. The van der Waals surface area contributed by atoms with Crippen LogP contribution in [0.2, 0.25) is 20.1 Å². The van der Waals surface area contributed by atoms with E-state index in [1.807, 2.05) is 0 Å². The molecule has 1 amide bonds. The van der Waals surface area contributed by atoms with E-state index < -0.39 is 18.5 Å². The molecule has 5 nitrogen and oxygen atoms in total. The molecule has 0 heterocycles. The standard InChI is InChI=1S/C17H13Cl4NO4/c1-25-7-9-2-4-10(5-3-9)17(24)26-8-13(23)22-16-14(20)11(18)6-12(19)15(16)21/h2-6H,7-8H2,1H3,(H,22,23). The highest BCUT2D eigenvalue weighted by Crippen LogP contribution is 2.40. The quantitative estimate of drug-likeness (QED) is 0.496. The lowest BCUT2D eigenvalue weighted by Crippen LogP contribution is -2.21. The van der Waals surface area contributed by atoms with Crippen molar-refractivity contribution in [3.8, 4) is 0 Å². The second kappa shape index (κ2) is 9.44. The van der Waals surface area contributed by atoms with Crippen molar-refractivity contribution in [1.82, 2.24) is 0 Å². The van der Waals surface area contributed by atoms with E-state index >= 15 is 0 Å². The number of carbonyl (C=O) groups is 2. The number of methoxy groups -OCH3 is 1. The number of carbonyl (C=O) groups excluding carboxylic acids is 2. The number of hydrogen-bond acceptors (Lipinski definition) is 4. The van der Waals surface area contributed by atoms with Crippen molar-refractivity contribution in [2.24, 2.45) is 0 Å². The fourth-order valence-electron chi connectivity index (χ4n) is 1.98. The number of benzene rings is 2. The summed E-state index contributed by atoms with van der Waals surface area (Å²) in [6.07, 6.45) is 0. The van der Waals surface area contributed by atoms with Gasteiger partial charge in [0.1, 0.15) is 0 Å². The maximum Gasteiger partial charge on any atom is 0.338 e. The SMILES string of the molecule is COCc1ccc(C(=O)OCC(=O)Nc2c(Cl)c(Cl)cc(Cl)c2Cl)cc1. The minimum absolute atomic E-state index is 0.0366. The van der Waals surface area contributed by atoms with Gasteiger partial charge in [-0.05, 0) is 23.8 Å². The summed E-state index contributed by atoms with van der Waals surface area (Å²) in [4.78, 5) is 24.0. The van der Waals surface area contributed by atoms with Gasteiger partial charge < -0.3 is 14.8 Å². The molecule has 0 aromatic heterocycles. The topological polar surface area (TPSA) is 64.6 Å². The zero-order chi connectivity index (χ0) is 19.3. The highest BCUT2D eigenvalue weighted by Gasteiger charge is 2.17. The van der Waals surface area contributed by atoms with Crippen LogP contribution in [0.1, 0.15) is 15.9 Å². The Morgan fingerprint density at radius 3 is 2.12 bits per heavy atom. The zero-order valence-electron chi connectivity index (χ0n) is 13.4. The van der Waals surface area contributed by atoms with E-state index in [0.29, 0.717) is 12.2 Å². The molecule has 0 unspecified atom stereocenters. The third kappa shape index (κ3) is 5.25. The average molecular weight is 437 g/mol. The van der Waals surface area contributed by atoms with Crippen molar-refractivity contribution < 1.29 is 19.1 Å². The minimum atomic E-state index is -0.648. The molecule has 0 fully saturated rings. The van der Waals surface area contributed by atoms with Crippen LogP contribution in [0.5, 0.6) is 0 Å². The normalized spacial score (nSPS) is 10.5. The molecule has 0 saturated carbocycles. The van der Waals surface area contributed by atoms with E-state index in [1.54, 1.807) is 31.4 Å². The molecule has 0 spiro atoms. The molecule has 2 aromatic carbocycles. The molecule has 9 heteroatoms. The van der Waals surface area contributed by atoms with E-state index in [9.17, 15) is 9.59 Å². The van der Waals surface area contributed by atoms with Crippen molar-refractivity contribution >= 4 is 64.0 Å². The molecule has 0 aliphatic rings. The van der Waals surface area contributed by atoms with Crippen molar-refractivity contribution in [2.75, 3.05) is 19.0 Å². The fraction of sp³-hybridized carbons (Fsp3) is 0.176. The first-order chi connectivity index (χ1) is 12.3. The van der Waals surface area contributed by atoms with E-state index in [4.69, 9.17) is 55.9 Å². The molecule has 0 aliphatic carbocycles. The van der Waals surface area contributed by atoms with Crippen LogP contribution in [0.15, 0.2) is 30.3 Å². The Labute approximate surface area is 170 Å². The Bertz CT molecular complexity index is 798. The molecule has 0 aliphatic heterocycles. The molecule has 0 atom stereocenters. The van der Waals surface area contributed by atoms with Crippen molar-refractivity contribution in [1.29, 1.82) is 0 Å². The number of halogens is 4. The largest absolute Gasteiger partial charge is 0.452 e. The van der Waals surface area contributed by atoms with Crippen LogP contribution in [0.25, 0.3) is 0 Å². The highest BCUT2D eigenvalue weighted by molar-refractivity contribution is 6.50. The zero-order valence-corrected chi connectivity index (χ0v) is 16.5. The van der Waals surface area contributed by atoms with Crippen LogP contribution in [-0.4, -0.2) is 25.6 Å². The fourth-order valence-corrected chi connectivity index (χ4v) is 2.88. The average Bonchev–Trinajstić information content (AvgIpc) is 2.62. The van der Waals surface area contributed by atoms with E-state index in [1.165, 1.54) is 6.07 Å². The smallest absolute Gasteiger partial charge is 0.338 e. The number of hydrogen-bond donors (Lipinski definition) is 1. The van der Waals surface area contributed by atoms with Crippen LogP contribution in [0, 0.1) is 0 Å². The molecule has 2 aromatic rings. The van der Waals surface area contributed by atoms with Gasteiger partial charge in [-0.1, -0.05) is 58.5 Å². The number of anilines is 1. The van der Waals surface area contributed by atoms with Gasteiger partial charge in [0.25, 0.3) is 5.91 Å². The summed E-state index contributed by atoms with van der Waals surface area (Å²) >= 11 is 23.8. The van der Waals surface area contributed by atoms with Gasteiger partial charge in [-0.3, -0.25) is 4.79 Å². The van der Waals surface area contributed by atoms with E-state index in [2.05, 4.69) is 5.32 Å². The van der Waals surface area contributed by atoms with Gasteiger partial charge in [0.05, 0.1) is 37.9 Å². The molecule has 1 N–H and O–H groups in total. The van der Waals surface area contributed by atoms with Gasteiger partial charge in [0.15, 0.2) is 6.61 Å². The molecule has 0 radical (unpaired) electrons.